The van der Waals surface area contributed by atoms with Gasteiger partial charge >= 0.3 is 6.09 Å². The molecular weight excluding hydrogens is 220 g/mol. The highest BCUT2D eigenvalue weighted by molar-refractivity contribution is 5.68. The predicted octanol–water partition coefficient (Wildman–Crippen LogP) is 1.61. The second-order valence-corrected chi connectivity index (χ2v) is 6.62. The van der Waals surface area contributed by atoms with Gasteiger partial charge in [-0.05, 0) is 32.6 Å². The first-order valence-electron chi connectivity index (χ1n) is 5.89. The highest BCUT2D eigenvalue weighted by Gasteiger charge is 2.40. The van der Waals surface area contributed by atoms with E-state index in [1.54, 1.807) is 0 Å². The normalized spacial score (nSPS) is 28.6. The number of ether oxygens (including phenoxy) is 2. The molecule has 0 aliphatic carbocycles. The van der Waals surface area contributed by atoms with E-state index in [2.05, 4.69) is 19.2 Å². The van der Waals surface area contributed by atoms with Crippen LogP contribution in [0, 0.1) is 5.41 Å². The number of alkyl carbamates (subject to hydrolysis) is 1. The Morgan fingerprint density at radius 1 is 1.35 bits per heavy atom. The molecule has 1 aliphatic rings. The summed E-state index contributed by atoms with van der Waals surface area (Å²) in [5, 5.41) is 2.70. The third-order valence-corrected chi connectivity index (χ3v) is 2.40. The first-order valence-corrected chi connectivity index (χ1v) is 5.89. The van der Waals surface area contributed by atoms with Gasteiger partial charge in [-0.15, -0.1) is 0 Å². The predicted molar refractivity (Wildman–Crippen MR) is 65.5 cm³/mol. The highest BCUT2D eigenvalue weighted by Crippen LogP contribution is 2.30. The lowest BCUT2D eigenvalue weighted by molar-refractivity contribution is -0.0514. The van der Waals surface area contributed by atoms with Crippen molar-refractivity contribution in [3.8, 4) is 0 Å². The van der Waals surface area contributed by atoms with Crippen molar-refractivity contribution in [2.24, 2.45) is 11.1 Å². The molecule has 0 bridgehead atoms. The molecule has 3 N–H and O–H groups in total. The molecule has 5 nitrogen and oxygen atoms in total. The first kappa shape index (κ1) is 14.3. The largest absolute Gasteiger partial charge is 0.444 e. The van der Waals surface area contributed by atoms with Gasteiger partial charge in [0.2, 0.25) is 0 Å². The Morgan fingerprint density at radius 2 is 1.94 bits per heavy atom. The Kier molecular flexibility index (Phi) is 3.74. The van der Waals surface area contributed by atoms with Gasteiger partial charge in [-0.1, -0.05) is 13.8 Å². The van der Waals surface area contributed by atoms with Gasteiger partial charge in [-0.3, -0.25) is 0 Å². The fraction of sp³-hybridized carbons (Fsp3) is 0.917. The summed E-state index contributed by atoms with van der Waals surface area (Å²) in [4.78, 5) is 11.7. The fourth-order valence-corrected chi connectivity index (χ4v) is 2.05. The number of carbonyl (C=O) groups is 1. The summed E-state index contributed by atoms with van der Waals surface area (Å²) in [6.07, 6.45) is 0.167. The number of nitrogens with two attached hydrogens (primary N) is 1. The van der Waals surface area contributed by atoms with E-state index < -0.39 is 17.4 Å². The van der Waals surface area contributed by atoms with Crippen molar-refractivity contribution < 1.29 is 14.3 Å². The summed E-state index contributed by atoms with van der Waals surface area (Å²) in [6.45, 7) is 10.5. The number of hydrogen-bond donors (Lipinski definition) is 2. The summed E-state index contributed by atoms with van der Waals surface area (Å²) < 4.78 is 10.6. The van der Waals surface area contributed by atoms with Crippen LogP contribution in [-0.4, -0.2) is 30.6 Å². The molecule has 1 aliphatic heterocycles. The van der Waals surface area contributed by atoms with Gasteiger partial charge in [0.05, 0.1) is 13.2 Å². The van der Waals surface area contributed by atoms with Crippen molar-refractivity contribution in [2.75, 3.05) is 13.2 Å². The molecular formula is C12H24N2O3. The van der Waals surface area contributed by atoms with E-state index >= 15 is 0 Å². The average molecular weight is 244 g/mol. The zero-order valence-corrected chi connectivity index (χ0v) is 11.4. The van der Waals surface area contributed by atoms with Gasteiger partial charge in [0.1, 0.15) is 11.3 Å². The van der Waals surface area contributed by atoms with Crippen molar-refractivity contribution in [1.29, 1.82) is 0 Å². The molecule has 0 radical (unpaired) electrons. The molecule has 0 aromatic heterocycles. The van der Waals surface area contributed by atoms with E-state index in [0.29, 0.717) is 19.6 Å². The Morgan fingerprint density at radius 3 is 2.41 bits per heavy atom. The number of rotatable bonds is 1. The molecule has 1 fully saturated rings. The Hall–Kier alpha value is -0.810. The maximum absolute atomic E-state index is 11.7. The van der Waals surface area contributed by atoms with Crippen LogP contribution in [0.1, 0.15) is 41.0 Å². The Balaban J connectivity index is 2.58. The summed E-state index contributed by atoms with van der Waals surface area (Å²) in [5.74, 6) is 0. The summed E-state index contributed by atoms with van der Waals surface area (Å²) >= 11 is 0. The lowest BCUT2D eigenvalue weighted by Crippen LogP contribution is -2.64. The van der Waals surface area contributed by atoms with Gasteiger partial charge in [0.25, 0.3) is 0 Å². The van der Waals surface area contributed by atoms with Crippen LogP contribution in [0.25, 0.3) is 0 Å². The summed E-state index contributed by atoms with van der Waals surface area (Å²) in [5.41, 5.74) is 4.71. The minimum atomic E-state index is -0.843. The van der Waals surface area contributed by atoms with Crippen LogP contribution >= 0.6 is 0 Å². The Labute approximate surface area is 103 Å². The van der Waals surface area contributed by atoms with Crippen molar-refractivity contribution in [3.05, 3.63) is 0 Å². The van der Waals surface area contributed by atoms with Gasteiger partial charge < -0.3 is 20.5 Å². The van der Waals surface area contributed by atoms with E-state index in [1.807, 2.05) is 20.8 Å². The monoisotopic (exact) mass is 244 g/mol. The fourth-order valence-electron chi connectivity index (χ4n) is 2.05. The van der Waals surface area contributed by atoms with Gasteiger partial charge in [-0.25, -0.2) is 4.79 Å². The maximum atomic E-state index is 11.7. The molecule has 5 heteroatoms. The van der Waals surface area contributed by atoms with E-state index in [1.165, 1.54) is 0 Å². The minimum absolute atomic E-state index is 0.0397. The molecule has 1 amide bonds. The van der Waals surface area contributed by atoms with E-state index in [4.69, 9.17) is 15.2 Å². The number of carbonyl (C=O) groups excluding carboxylic acids is 1. The lowest BCUT2D eigenvalue weighted by Gasteiger charge is -2.42. The van der Waals surface area contributed by atoms with Crippen molar-refractivity contribution in [2.45, 2.75) is 52.3 Å². The summed E-state index contributed by atoms with van der Waals surface area (Å²) in [6, 6.07) is 0. The SMILES string of the molecule is CC1(C)COCC(N)(NC(=O)OC(C)(C)C)C1. The third-order valence-electron chi connectivity index (χ3n) is 2.40. The zero-order valence-electron chi connectivity index (χ0n) is 11.4. The molecule has 0 aromatic carbocycles. The van der Waals surface area contributed by atoms with Crippen LogP contribution < -0.4 is 11.1 Å². The molecule has 1 atom stereocenters. The molecule has 17 heavy (non-hydrogen) atoms. The standard InChI is InChI=1S/C12H24N2O3/c1-10(2,3)17-9(15)14-12(13)6-11(4,5)7-16-8-12/h6-8,13H2,1-5H3,(H,14,15). The molecule has 0 saturated carbocycles. The molecule has 0 aromatic rings. The van der Waals surface area contributed by atoms with E-state index in [-0.39, 0.29) is 5.41 Å². The van der Waals surface area contributed by atoms with Crippen molar-refractivity contribution in [3.63, 3.8) is 0 Å². The van der Waals surface area contributed by atoms with Crippen molar-refractivity contribution in [1.82, 2.24) is 5.32 Å². The van der Waals surface area contributed by atoms with E-state index in [9.17, 15) is 4.79 Å². The highest BCUT2D eigenvalue weighted by atomic mass is 16.6. The van der Waals surface area contributed by atoms with Gasteiger partial charge in [0, 0.05) is 0 Å². The zero-order chi connectivity index (χ0) is 13.3. The molecule has 1 saturated heterocycles. The molecule has 100 valence electrons. The van der Waals surface area contributed by atoms with Gasteiger partial charge in [0.15, 0.2) is 0 Å². The Bertz CT molecular complexity index is 297. The second kappa shape index (κ2) is 4.46. The van der Waals surface area contributed by atoms with Crippen LogP contribution in [0.4, 0.5) is 4.79 Å². The van der Waals surface area contributed by atoms with Gasteiger partial charge in [-0.2, -0.15) is 0 Å². The van der Waals surface area contributed by atoms with Crippen LogP contribution in [0.15, 0.2) is 0 Å². The topological polar surface area (TPSA) is 73.6 Å². The smallest absolute Gasteiger partial charge is 0.409 e. The number of hydrogen-bond acceptors (Lipinski definition) is 4. The number of amides is 1. The quantitative estimate of drug-likeness (QED) is 0.687. The number of nitrogens with one attached hydrogen (secondary N) is 1. The van der Waals surface area contributed by atoms with Crippen molar-refractivity contribution >= 4 is 6.09 Å². The second-order valence-electron chi connectivity index (χ2n) is 6.62. The summed E-state index contributed by atoms with van der Waals surface area (Å²) in [7, 11) is 0. The first-order chi connectivity index (χ1) is 7.52. The van der Waals surface area contributed by atoms with Crippen LogP contribution in [0.3, 0.4) is 0 Å². The average Bonchev–Trinajstić information content (AvgIpc) is 1.94. The maximum Gasteiger partial charge on any atom is 0.409 e. The van der Waals surface area contributed by atoms with Crippen LogP contribution in [0.2, 0.25) is 0 Å². The molecule has 1 unspecified atom stereocenters. The van der Waals surface area contributed by atoms with Crippen LogP contribution in [-0.2, 0) is 9.47 Å². The molecule has 1 heterocycles. The third kappa shape index (κ3) is 4.91. The van der Waals surface area contributed by atoms with E-state index in [0.717, 1.165) is 0 Å². The molecule has 0 spiro atoms. The lowest BCUT2D eigenvalue weighted by atomic mass is 9.82. The minimum Gasteiger partial charge on any atom is -0.444 e. The molecule has 1 rings (SSSR count). The van der Waals surface area contributed by atoms with Crippen LogP contribution in [0.5, 0.6) is 0 Å².